The molecule has 0 saturated carbocycles. The minimum atomic E-state index is -0.649. The Labute approximate surface area is 172 Å². The van der Waals surface area contributed by atoms with Crippen LogP contribution in [0.15, 0.2) is 42.5 Å². The van der Waals surface area contributed by atoms with E-state index in [9.17, 15) is 9.59 Å². The number of halogens is 1. The van der Waals surface area contributed by atoms with Crippen molar-refractivity contribution in [3.63, 3.8) is 0 Å². The lowest BCUT2D eigenvalue weighted by Gasteiger charge is -2.03. The fourth-order valence-electron chi connectivity index (χ4n) is 2.58. The van der Waals surface area contributed by atoms with E-state index >= 15 is 0 Å². The van der Waals surface area contributed by atoms with Gasteiger partial charge in [-0.2, -0.15) is 0 Å². The van der Waals surface area contributed by atoms with Crippen molar-refractivity contribution < 1.29 is 19.1 Å². The van der Waals surface area contributed by atoms with Crippen LogP contribution in [0.5, 0.6) is 5.75 Å². The van der Waals surface area contributed by atoms with E-state index < -0.39 is 18.5 Å². The normalized spacial score (nSPS) is 10.9. The number of anilines is 1. The Balaban J connectivity index is 1.42. The molecule has 0 atom stereocenters. The Kier molecular flexibility index (Phi) is 5.17. The molecule has 9 heteroatoms. The van der Waals surface area contributed by atoms with Gasteiger partial charge in [-0.05, 0) is 30.3 Å². The Bertz CT molecular complexity index is 1170. The van der Waals surface area contributed by atoms with Crippen molar-refractivity contribution in [2.24, 2.45) is 0 Å². The molecule has 2 aromatic carbocycles. The number of methoxy groups -OCH3 is 1. The van der Waals surface area contributed by atoms with Gasteiger partial charge in [0.25, 0.3) is 5.91 Å². The van der Waals surface area contributed by atoms with Gasteiger partial charge in [-0.25, -0.2) is 9.78 Å². The second-order valence-electron chi connectivity index (χ2n) is 5.72. The van der Waals surface area contributed by atoms with E-state index in [1.807, 2.05) is 24.3 Å². The molecule has 0 aliphatic heterocycles. The van der Waals surface area contributed by atoms with Gasteiger partial charge < -0.3 is 9.47 Å². The van der Waals surface area contributed by atoms with Gasteiger partial charge in [0.05, 0.1) is 22.3 Å². The second kappa shape index (κ2) is 7.75. The average molecular weight is 433 g/mol. The number of hydrogen-bond acceptors (Lipinski definition) is 7. The van der Waals surface area contributed by atoms with Gasteiger partial charge in [-0.15, -0.1) is 11.3 Å². The standard InChI is InChI=1S/C19H13ClN2O4S2/c1-25-10-6-7-11-14(8-10)27-17(16(11)20)18(24)26-9-15(23)22-19-21-12-4-2-3-5-13(12)28-19/h2-8H,9H2,1H3,(H,21,22,23). The molecule has 1 amide bonds. The summed E-state index contributed by atoms with van der Waals surface area (Å²) in [6.07, 6.45) is 0. The number of carbonyl (C=O) groups excluding carboxylic acids is 2. The van der Waals surface area contributed by atoms with Crippen LogP contribution in [0.1, 0.15) is 9.67 Å². The number of thiazole rings is 1. The SMILES string of the molecule is COc1ccc2c(Cl)c(C(=O)OCC(=O)Nc3nc4ccccc4s3)sc2c1. The van der Waals surface area contributed by atoms with Crippen LogP contribution >= 0.6 is 34.3 Å². The van der Waals surface area contributed by atoms with E-state index in [2.05, 4.69) is 10.3 Å². The van der Waals surface area contributed by atoms with Crippen molar-refractivity contribution in [2.75, 3.05) is 19.0 Å². The third-order valence-electron chi connectivity index (χ3n) is 3.90. The highest BCUT2D eigenvalue weighted by Crippen LogP contribution is 2.37. The summed E-state index contributed by atoms with van der Waals surface area (Å²) < 4.78 is 12.1. The molecular weight excluding hydrogens is 420 g/mol. The Morgan fingerprint density at radius 3 is 2.75 bits per heavy atom. The van der Waals surface area contributed by atoms with Crippen LogP contribution in [0.25, 0.3) is 20.3 Å². The quantitative estimate of drug-likeness (QED) is 0.450. The predicted octanol–water partition coefficient (Wildman–Crippen LogP) is 4.97. The number of para-hydroxylation sites is 1. The summed E-state index contributed by atoms with van der Waals surface area (Å²) in [4.78, 5) is 29.0. The van der Waals surface area contributed by atoms with Crippen LogP contribution in [-0.4, -0.2) is 30.6 Å². The first-order valence-corrected chi connectivity index (χ1v) is 10.1. The van der Waals surface area contributed by atoms with Gasteiger partial charge in [0.1, 0.15) is 10.6 Å². The maximum Gasteiger partial charge on any atom is 0.350 e. The van der Waals surface area contributed by atoms with E-state index in [0.29, 0.717) is 15.9 Å². The second-order valence-corrected chi connectivity index (χ2v) is 8.18. The number of benzene rings is 2. The summed E-state index contributed by atoms with van der Waals surface area (Å²) >= 11 is 8.84. The fourth-order valence-corrected chi connectivity index (χ4v) is 4.89. The molecule has 0 saturated heterocycles. The summed E-state index contributed by atoms with van der Waals surface area (Å²) in [5.74, 6) is -0.448. The fraction of sp³-hybridized carbons (Fsp3) is 0.105. The Morgan fingerprint density at radius 1 is 1.14 bits per heavy atom. The van der Waals surface area contributed by atoms with Crippen molar-refractivity contribution >= 4 is 71.6 Å². The Hall–Kier alpha value is -2.68. The van der Waals surface area contributed by atoms with Gasteiger partial charge in [-0.1, -0.05) is 35.1 Å². The molecule has 1 N–H and O–H groups in total. The van der Waals surface area contributed by atoms with Crippen LogP contribution in [0.4, 0.5) is 5.13 Å². The molecular formula is C19H13ClN2O4S2. The van der Waals surface area contributed by atoms with Crippen molar-refractivity contribution in [1.29, 1.82) is 0 Å². The number of fused-ring (bicyclic) bond motifs is 2. The summed E-state index contributed by atoms with van der Waals surface area (Å²) in [7, 11) is 1.57. The maximum absolute atomic E-state index is 12.4. The van der Waals surface area contributed by atoms with E-state index in [0.717, 1.165) is 20.3 Å². The molecule has 0 aliphatic rings. The highest BCUT2D eigenvalue weighted by molar-refractivity contribution is 7.22. The maximum atomic E-state index is 12.4. The van der Waals surface area contributed by atoms with Crippen molar-refractivity contribution in [3.05, 3.63) is 52.4 Å². The predicted molar refractivity (Wildman–Crippen MR) is 112 cm³/mol. The number of amides is 1. The summed E-state index contributed by atoms with van der Waals surface area (Å²) in [5.41, 5.74) is 0.798. The monoisotopic (exact) mass is 432 g/mol. The van der Waals surface area contributed by atoms with E-state index in [4.69, 9.17) is 21.1 Å². The summed E-state index contributed by atoms with van der Waals surface area (Å²) in [6, 6.07) is 12.9. The minimum absolute atomic E-state index is 0.248. The van der Waals surface area contributed by atoms with Crippen molar-refractivity contribution in [1.82, 2.24) is 4.98 Å². The van der Waals surface area contributed by atoms with Crippen LogP contribution in [0.2, 0.25) is 5.02 Å². The number of hydrogen-bond donors (Lipinski definition) is 1. The third kappa shape index (κ3) is 3.66. The molecule has 0 fully saturated rings. The molecule has 0 bridgehead atoms. The number of nitrogens with zero attached hydrogens (tertiary/aromatic N) is 1. The van der Waals surface area contributed by atoms with Gasteiger partial charge in [-0.3, -0.25) is 10.1 Å². The molecule has 142 valence electrons. The van der Waals surface area contributed by atoms with E-state index in [1.165, 1.54) is 22.7 Å². The molecule has 4 aromatic rings. The number of rotatable bonds is 5. The first kappa shape index (κ1) is 18.7. The summed E-state index contributed by atoms with van der Waals surface area (Å²) in [5, 5.41) is 4.13. The van der Waals surface area contributed by atoms with Crippen LogP contribution in [-0.2, 0) is 9.53 Å². The molecule has 2 heterocycles. The minimum Gasteiger partial charge on any atom is -0.497 e. The van der Waals surface area contributed by atoms with E-state index in [-0.39, 0.29) is 4.88 Å². The Morgan fingerprint density at radius 2 is 1.96 bits per heavy atom. The zero-order valence-electron chi connectivity index (χ0n) is 14.5. The van der Waals surface area contributed by atoms with Crippen molar-refractivity contribution in [3.8, 4) is 5.75 Å². The third-order valence-corrected chi connectivity index (χ3v) is 6.49. The highest BCUT2D eigenvalue weighted by Gasteiger charge is 2.20. The van der Waals surface area contributed by atoms with Crippen molar-refractivity contribution in [2.45, 2.75) is 0 Å². The van der Waals surface area contributed by atoms with E-state index in [1.54, 1.807) is 25.3 Å². The lowest BCUT2D eigenvalue weighted by molar-refractivity contribution is -0.119. The van der Waals surface area contributed by atoms with Crippen LogP contribution < -0.4 is 10.1 Å². The molecule has 0 radical (unpaired) electrons. The number of nitrogens with one attached hydrogen (secondary N) is 1. The molecule has 0 unspecified atom stereocenters. The number of thiophene rings is 1. The van der Waals surface area contributed by atoms with Gasteiger partial charge in [0, 0.05) is 10.1 Å². The van der Waals surface area contributed by atoms with Gasteiger partial charge >= 0.3 is 5.97 Å². The topological polar surface area (TPSA) is 77.5 Å². The molecule has 2 aromatic heterocycles. The van der Waals surface area contributed by atoms with Crippen LogP contribution in [0, 0.1) is 0 Å². The first-order chi connectivity index (χ1) is 13.5. The lowest BCUT2D eigenvalue weighted by atomic mass is 10.2. The lowest BCUT2D eigenvalue weighted by Crippen LogP contribution is -2.20. The molecule has 28 heavy (non-hydrogen) atoms. The van der Waals surface area contributed by atoms with Gasteiger partial charge in [0.2, 0.25) is 0 Å². The largest absolute Gasteiger partial charge is 0.497 e. The van der Waals surface area contributed by atoms with Gasteiger partial charge in [0.15, 0.2) is 11.7 Å². The number of ether oxygens (including phenoxy) is 2. The number of aromatic nitrogens is 1. The zero-order chi connectivity index (χ0) is 19.7. The van der Waals surface area contributed by atoms with Crippen LogP contribution in [0.3, 0.4) is 0 Å². The summed E-state index contributed by atoms with van der Waals surface area (Å²) in [6.45, 7) is -0.428. The number of esters is 1. The average Bonchev–Trinajstić information content (AvgIpc) is 3.26. The highest BCUT2D eigenvalue weighted by atomic mass is 35.5. The molecule has 0 aliphatic carbocycles. The zero-order valence-corrected chi connectivity index (χ0v) is 16.9. The smallest absolute Gasteiger partial charge is 0.350 e. The first-order valence-electron chi connectivity index (χ1n) is 8.14. The molecule has 4 rings (SSSR count). The number of carbonyl (C=O) groups is 2. The molecule has 6 nitrogen and oxygen atoms in total. The molecule has 0 spiro atoms.